The number of hydrogen-bond acceptors (Lipinski definition) is 4. The number of nitrogens with two attached hydrogens (primary N) is 1. The number of anilines is 1. The zero-order valence-corrected chi connectivity index (χ0v) is 18.1. The van der Waals surface area contributed by atoms with E-state index in [0.29, 0.717) is 16.9 Å². The van der Waals surface area contributed by atoms with Gasteiger partial charge in [-0.05, 0) is 66.7 Å². The van der Waals surface area contributed by atoms with Crippen LogP contribution in [0.4, 0.5) is 27.6 Å². The van der Waals surface area contributed by atoms with Gasteiger partial charge in [-0.2, -0.15) is 18.3 Å². The molecule has 0 aliphatic heterocycles. The van der Waals surface area contributed by atoms with E-state index in [0.717, 1.165) is 22.9 Å². The van der Waals surface area contributed by atoms with Crippen molar-refractivity contribution in [1.29, 1.82) is 0 Å². The number of hydrogen-bond donors (Lipinski definition) is 2. The van der Waals surface area contributed by atoms with Crippen LogP contribution in [0.1, 0.15) is 5.69 Å². The van der Waals surface area contributed by atoms with E-state index >= 15 is 0 Å². The molecule has 0 aliphatic rings. The molecule has 0 unspecified atom stereocenters. The van der Waals surface area contributed by atoms with Gasteiger partial charge in [-0.3, -0.25) is 5.84 Å². The van der Waals surface area contributed by atoms with Gasteiger partial charge >= 0.3 is 6.18 Å². The maximum absolute atomic E-state index is 13.0. The minimum atomic E-state index is -4.60. The highest BCUT2D eigenvalue weighted by molar-refractivity contribution is 6.29. The van der Waals surface area contributed by atoms with Gasteiger partial charge in [-0.25, -0.2) is 18.4 Å². The van der Waals surface area contributed by atoms with Crippen molar-refractivity contribution in [2.45, 2.75) is 6.18 Å². The lowest BCUT2D eigenvalue weighted by Crippen LogP contribution is -2.07. The standard InChI is InChI=1S/C15H8ClF4N3.C6H7FN2.ClH/c16-14-7-9(5-6-21-14)12-8-13(15(18,19)20)22-23(12)11-3-1-10(17)2-4-11;7-5-1-3-6(9-8)4-2-5;/h1-8H;1-4,9H,8H2;1H. The third kappa shape index (κ3) is 6.88. The van der Waals surface area contributed by atoms with Crippen LogP contribution in [0.5, 0.6) is 0 Å². The summed E-state index contributed by atoms with van der Waals surface area (Å²) < 4.78 is 65.2. The fourth-order valence-corrected chi connectivity index (χ4v) is 2.79. The lowest BCUT2D eigenvalue weighted by molar-refractivity contribution is -0.141. The van der Waals surface area contributed by atoms with Crippen molar-refractivity contribution in [3.05, 3.63) is 95.4 Å². The fraction of sp³-hybridized carbons (Fsp3) is 0.0476. The summed E-state index contributed by atoms with van der Waals surface area (Å²) in [6.45, 7) is 0. The van der Waals surface area contributed by atoms with E-state index in [1.54, 1.807) is 12.1 Å². The fourth-order valence-electron chi connectivity index (χ4n) is 2.61. The van der Waals surface area contributed by atoms with E-state index < -0.39 is 17.7 Å². The van der Waals surface area contributed by atoms with Crippen molar-refractivity contribution in [3.63, 3.8) is 0 Å². The van der Waals surface area contributed by atoms with Crippen LogP contribution in [0.2, 0.25) is 5.15 Å². The van der Waals surface area contributed by atoms with Gasteiger partial charge < -0.3 is 5.43 Å². The molecule has 0 amide bonds. The second kappa shape index (κ2) is 11.1. The summed E-state index contributed by atoms with van der Waals surface area (Å²) in [4.78, 5) is 3.80. The summed E-state index contributed by atoms with van der Waals surface area (Å²) >= 11 is 5.80. The van der Waals surface area contributed by atoms with Crippen LogP contribution < -0.4 is 11.3 Å². The monoisotopic (exact) mass is 503 g/mol. The van der Waals surface area contributed by atoms with Gasteiger partial charge in [0.1, 0.15) is 16.8 Å². The third-order valence-corrected chi connectivity index (χ3v) is 4.31. The number of nitrogen functional groups attached to an aromatic ring is 1. The average molecular weight is 504 g/mol. The Morgan fingerprint density at radius 1 is 0.879 bits per heavy atom. The van der Waals surface area contributed by atoms with E-state index in [-0.39, 0.29) is 29.1 Å². The number of halogens is 7. The zero-order chi connectivity index (χ0) is 23.3. The molecule has 4 rings (SSSR count). The lowest BCUT2D eigenvalue weighted by Gasteiger charge is -2.07. The molecule has 3 N–H and O–H groups in total. The minimum absolute atomic E-state index is 0. The molecule has 0 atom stereocenters. The highest BCUT2D eigenvalue weighted by Crippen LogP contribution is 2.33. The lowest BCUT2D eigenvalue weighted by atomic mass is 10.2. The number of pyridine rings is 1. The summed E-state index contributed by atoms with van der Waals surface area (Å²) in [5.74, 6) is 4.28. The van der Waals surface area contributed by atoms with Crippen molar-refractivity contribution in [1.82, 2.24) is 14.8 Å². The minimum Gasteiger partial charge on any atom is -0.324 e. The van der Waals surface area contributed by atoms with Crippen LogP contribution in [0.25, 0.3) is 16.9 Å². The molecule has 0 spiro atoms. The first-order valence-corrected chi connectivity index (χ1v) is 9.32. The van der Waals surface area contributed by atoms with Gasteiger partial charge in [-0.1, -0.05) is 11.6 Å². The summed E-state index contributed by atoms with van der Waals surface area (Å²) in [5.41, 5.74) is 2.93. The Labute approximate surface area is 196 Å². The van der Waals surface area contributed by atoms with Gasteiger partial charge in [0, 0.05) is 17.4 Å². The van der Waals surface area contributed by atoms with Crippen molar-refractivity contribution in [2.24, 2.45) is 5.84 Å². The van der Waals surface area contributed by atoms with Crippen LogP contribution in [0, 0.1) is 11.6 Å². The first kappa shape index (κ1) is 26.0. The third-order valence-electron chi connectivity index (χ3n) is 4.10. The number of alkyl halides is 3. The Morgan fingerprint density at radius 3 is 1.97 bits per heavy atom. The van der Waals surface area contributed by atoms with Gasteiger partial charge in [-0.15, -0.1) is 12.4 Å². The van der Waals surface area contributed by atoms with Crippen LogP contribution in [0.15, 0.2) is 72.9 Å². The van der Waals surface area contributed by atoms with E-state index in [1.807, 2.05) is 0 Å². The largest absolute Gasteiger partial charge is 0.435 e. The van der Waals surface area contributed by atoms with Crippen LogP contribution in [-0.2, 0) is 6.18 Å². The molecule has 0 fully saturated rings. The van der Waals surface area contributed by atoms with Crippen LogP contribution in [0.3, 0.4) is 0 Å². The van der Waals surface area contributed by atoms with E-state index in [2.05, 4.69) is 15.5 Å². The normalized spacial score (nSPS) is 10.6. The maximum atomic E-state index is 13.0. The number of rotatable bonds is 3. The molecule has 2 aromatic heterocycles. The Bertz CT molecular complexity index is 1180. The average Bonchev–Trinajstić information content (AvgIpc) is 3.21. The Kier molecular flexibility index (Phi) is 8.75. The van der Waals surface area contributed by atoms with Crippen LogP contribution in [-0.4, -0.2) is 14.8 Å². The molecule has 4 aromatic rings. The number of benzene rings is 2. The molecule has 174 valence electrons. The summed E-state index contributed by atoms with van der Waals surface area (Å²) in [6, 6.07) is 14.6. The van der Waals surface area contributed by atoms with Crippen molar-refractivity contribution in [3.8, 4) is 16.9 Å². The molecule has 0 aliphatic carbocycles. The second-order valence-corrected chi connectivity index (χ2v) is 6.71. The Balaban J connectivity index is 0.000000326. The molecule has 2 heterocycles. The predicted molar refractivity (Wildman–Crippen MR) is 118 cm³/mol. The molecule has 0 saturated heterocycles. The summed E-state index contributed by atoms with van der Waals surface area (Å²) in [5, 5.41) is 3.73. The molecule has 5 nitrogen and oxygen atoms in total. The van der Waals surface area contributed by atoms with E-state index in [4.69, 9.17) is 17.4 Å². The molecular formula is C21H16Cl2F5N5. The highest BCUT2D eigenvalue weighted by atomic mass is 35.5. The van der Waals surface area contributed by atoms with Gasteiger partial charge in [0.15, 0.2) is 5.69 Å². The summed E-state index contributed by atoms with van der Waals surface area (Å²) in [6.07, 6.45) is -3.22. The SMILES string of the molecule is Cl.Fc1ccc(-n2nc(C(F)(F)F)cc2-c2ccnc(Cl)c2)cc1.NNc1ccc(F)cc1. The number of nitrogens with zero attached hydrogens (tertiary/aromatic N) is 3. The van der Waals surface area contributed by atoms with Crippen molar-refractivity contribution in [2.75, 3.05) is 5.43 Å². The van der Waals surface area contributed by atoms with Gasteiger partial charge in [0.2, 0.25) is 0 Å². The quantitative estimate of drug-likeness (QED) is 0.149. The molecule has 33 heavy (non-hydrogen) atoms. The van der Waals surface area contributed by atoms with Crippen molar-refractivity contribution < 1.29 is 22.0 Å². The second-order valence-electron chi connectivity index (χ2n) is 6.32. The molecular weight excluding hydrogens is 488 g/mol. The Hall–Kier alpha value is -3.21. The first-order valence-electron chi connectivity index (χ1n) is 8.94. The maximum Gasteiger partial charge on any atom is 0.435 e. The Morgan fingerprint density at radius 2 is 1.45 bits per heavy atom. The topological polar surface area (TPSA) is 68.8 Å². The molecule has 2 aromatic carbocycles. The number of aromatic nitrogens is 3. The predicted octanol–water partition coefficient (Wildman–Crippen LogP) is 6.28. The van der Waals surface area contributed by atoms with E-state index in [9.17, 15) is 22.0 Å². The van der Waals surface area contributed by atoms with Crippen LogP contribution >= 0.6 is 24.0 Å². The number of nitrogens with one attached hydrogen (secondary N) is 1. The number of hydrazine groups is 1. The molecule has 0 bridgehead atoms. The smallest absolute Gasteiger partial charge is 0.324 e. The summed E-state index contributed by atoms with van der Waals surface area (Å²) in [7, 11) is 0. The van der Waals surface area contributed by atoms with E-state index in [1.165, 1.54) is 42.6 Å². The molecule has 0 radical (unpaired) electrons. The zero-order valence-electron chi connectivity index (χ0n) is 16.5. The molecule has 12 heteroatoms. The molecule has 0 saturated carbocycles. The van der Waals surface area contributed by atoms with Crippen molar-refractivity contribution >= 4 is 29.7 Å². The highest BCUT2D eigenvalue weighted by Gasteiger charge is 2.35. The van der Waals surface area contributed by atoms with Gasteiger partial charge in [0.25, 0.3) is 0 Å². The van der Waals surface area contributed by atoms with Gasteiger partial charge in [0.05, 0.1) is 11.4 Å². The first-order chi connectivity index (χ1) is 15.2.